The van der Waals surface area contributed by atoms with Crippen molar-refractivity contribution in [3.05, 3.63) is 90.0 Å². The summed E-state index contributed by atoms with van der Waals surface area (Å²) in [5.41, 5.74) is 5.21. The van der Waals surface area contributed by atoms with E-state index in [0.717, 1.165) is 26.6 Å². The number of hydrogen-bond donors (Lipinski definition) is 2. The Kier molecular flexibility index (Phi) is 6.06. The molecular weight excluding hydrogens is 342 g/mol. The molecule has 0 saturated carbocycles. The van der Waals surface area contributed by atoms with Crippen molar-refractivity contribution >= 4 is 29.7 Å². The third-order valence-corrected chi connectivity index (χ3v) is 4.75. The molecule has 0 spiro atoms. The first-order chi connectivity index (χ1) is 12.7. The zero-order valence-corrected chi connectivity index (χ0v) is 15.2. The third kappa shape index (κ3) is 4.97. The smallest absolute Gasteiger partial charge is 0.306 e. The second-order valence-electron chi connectivity index (χ2n) is 5.59. The molecule has 0 unspecified atom stereocenters. The van der Waals surface area contributed by atoms with Crippen molar-refractivity contribution in [2.24, 2.45) is 5.10 Å². The van der Waals surface area contributed by atoms with Crippen molar-refractivity contribution in [3.8, 4) is 0 Å². The van der Waals surface area contributed by atoms with Gasteiger partial charge in [-0.3, -0.25) is 0 Å². The average molecular weight is 361 g/mol. The van der Waals surface area contributed by atoms with Crippen LogP contribution in [-0.4, -0.2) is 12.2 Å². The van der Waals surface area contributed by atoms with E-state index in [9.17, 15) is 4.79 Å². The van der Waals surface area contributed by atoms with E-state index in [4.69, 9.17) is 0 Å². The van der Waals surface area contributed by atoms with Crippen LogP contribution in [0.25, 0.3) is 0 Å². The summed E-state index contributed by atoms with van der Waals surface area (Å²) in [6.07, 6.45) is 1.66. The molecule has 3 aromatic carbocycles. The predicted molar refractivity (Wildman–Crippen MR) is 108 cm³/mol. The molecule has 0 aromatic heterocycles. The van der Waals surface area contributed by atoms with Crippen LogP contribution in [0.2, 0.25) is 0 Å². The Balaban J connectivity index is 1.63. The first-order valence-electron chi connectivity index (χ1n) is 8.20. The molecule has 0 saturated heterocycles. The fraction of sp³-hybridized carbons (Fsp3) is 0.0476. The van der Waals surface area contributed by atoms with E-state index in [2.05, 4.69) is 28.0 Å². The van der Waals surface area contributed by atoms with Gasteiger partial charge in [0.2, 0.25) is 0 Å². The standard InChI is InChI=1S/C21H19N3OS/c1-16-9-5-7-13-19(16)23-21(25)24-22-15-17-10-6-8-14-20(17)26-18-11-3-2-4-12-18/h2-15H,1H3,(H2,23,24,25). The Morgan fingerprint density at radius 2 is 1.62 bits per heavy atom. The number of amides is 2. The Morgan fingerprint density at radius 1 is 0.923 bits per heavy atom. The molecule has 0 atom stereocenters. The van der Waals surface area contributed by atoms with Gasteiger partial charge in [0.05, 0.1) is 6.21 Å². The number of rotatable bonds is 5. The fourth-order valence-corrected chi connectivity index (χ4v) is 3.25. The van der Waals surface area contributed by atoms with E-state index >= 15 is 0 Å². The maximum absolute atomic E-state index is 12.0. The highest BCUT2D eigenvalue weighted by molar-refractivity contribution is 7.99. The summed E-state index contributed by atoms with van der Waals surface area (Å²) in [7, 11) is 0. The molecule has 2 N–H and O–H groups in total. The van der Waals surface area contributed by atoms with Crippen LogP contribution < -0.4 is 10.7 Å². The fourth-order valence-electron chi connectivity index (χ4n) is 2.32. The highest BCUT2D eigenvalue weighted by Crippen LogP contribution is 2.29. The monoisotopic (exact) mass is 361 g/mol. The topological polar surface area (TPSA) is 53.5 Å². The van der Waals surface area contributed by atoms with Gasteiger partial charge in [-0.25, -0.2) is 10.2 Å². The van der Waals surface area contributed by atoms with Crippen LogP contribution in [0.3, 0.4) is 0 Å². The lowest BCUT2D eigenvalue weighted by molar-refractivity contribution is 0.252. The average Bonchev–Trinajstić information content (AvgIpc) is 2.66. The van der Waals surface area contributed by atoms with Gasteiger partial charge in [-0.2, -0.15) is 5.10 Å². The Bertz CT molecular complexity index is 910. The van der Waals surface area contributed by atoms with Gasteiger partial charge in [0.15, 0.2) is 0 Å². The van der Waals surface area contributed by atoms with Crippen molar-refractivity contribution < 1.29 is 4.79 Å². The zero-order chi connectivity index (χ0) is 18.2. The number of para-hydroxylation sites is 1. The van der Waals surface area contributed by atoms with E-state index in [0.29, 0.717) is 0 Å². The second-order valence-corrected chi connectivity index (χ2v) is 6.71. The van der Waals surface area contributed by atoms with Crippen LogP contribution in [-0.2, 0) is 0 Å². The molecule has 3 rings (SSSR count). The van der Waals surface area contributed by atoms with E-state index in [1.54, 1.807) is 18.0 Å². The maximum Gasteiger partial charge on any atom is 0.339 e. The molecule has 0 heterocycles. The lowest BCUT2D eigenvalue weighted by Crippen LogP contribution is -2.24. The van der Waals surface area contributed by atoms with Gasteiger partial charge in [0.25, 0.3) is 0 Å². The van der Waals surface area contributed by atoms with Gasteiger partial charge < -0.3 is 5.32 Å². The molecule has 3 aromatic rings. The van der Waals surface area contributed by atoms with Crippen LogP contribution in [0.5, 0.6) is 0 Å². The summed E-state index contributed by atoms with van der Waals surface area (Å²) < 4.78 is 0. The van der Waals surface area contributed by atoms with E-state index in [-0.39, 0.29) is 6.03 Å². The number of carbonyl (C=O) groups excluding carboxylic acids is 1. The van der Waals surface area contributed by atoms with Gasteiger partial charge in [0, 0.05) is 21.0 Å². The first-order valence-corrected chi connectivity index (χ1v) is 9.01. The Hall–Kier alpha value is -3.05. The van der Waals surface area contributed by atoms with Crippen molar-refractivity contribution in [2.45, 2.75) is 16.7 Å². The van der Waals surface area contributed by atoms with Crippen molar-refractivity contribution in [2.75, 3.05) is 5.32 Å². The van der Waals surface area contributed by atoms with E-state index in [1.807, 2.05) is 73.7 Å². The van der Waals surface area contributed by atoms with Gasteiger partial charge in [-0.15, -0.1) is 0 Å². The summed E-state index contributed by atoms with van der Waals surface area (Å²) in [6, 6.07) is 25.3. The van der Waals surface area contributed by atoms with Gasteiger partial charge >= 0.3 is 6.03 Å². The molecule has 0 fully saturated rings. The molecule has 0 radical (unpaired) electrons. The molecule has 0 aliphatic rings. The zero-order valence-electron chi connectivity index (χ0n) is 14.3. The predicted octanol–water partition coefficient (Wildman–Crippen LogP) is 5.30. The number of nitrogens with zero attached hydrogens (tertiary/aromatic N) is 1. The lowest BCUT2D eigenvalue weighted by Gasteiger charge is -2.07. The van der Waals surface area contributed by atoms with Gasteiger partial charge in [-0.05, 0) is 36.8 Å². The highest BCUT2D eigenvalue weighted by Gasteiger charge is 2.04. The minimum atomic E-state index is -0.372. The summed E-state index contributed by atoms with van der Waals surface area (Å²) in [6.45, 7) is 1.94. The summed E-state index contributed by atoms with van der Waals surface area (Å²) in [5.74, 6) is 0. The first kappa shape index (κ1) is 17.8. The summed E-state index contributed by atoms with van der Waals surface area (Å²) in [5, 5.41) is 6.85. The Labute approximate surface area is 157 Å². The highest BCUT2D eigenvalue weighted by atomic mass is 32.2. The van der Waals surface area contributed by atoms with Crippen molar-refractivity contribution in [3.63, 3.8) is 0 Å². The largest absolute Gasteiger partial charge is 0.339 e. The van der Waals surface area contributed by atoms with Crippen LogP contribution in [0.4, 0.5) is 10.5 Å². The normalized spacial score (nSPS) is 10.7. The molecule has 4 nitrogen and oxygen atoms in total. The van der Waals surface area contributed by atoms with E-state index in [1.165, 1.54) is 0 Å². The van der Waals surface area contributed by atoms with E-state index < -0.39 is 0 Å². The van der Waals surface area contributed by atoms with Crippen LogP contribution >= 0.6 is 11.8 Å². The number of hydrazone groups is 1. The molecule has 0 bridgehead atoms. The third-order valence-electron chi connectivity index (χ3n) is 3.65. The number of carbonyl (C=O) groups is 1. The summed E-state index contributed by atoms with van der Waals surface area (Å²) in [4.78, 5) is 14.2. The maximum atomic E-state index is 12.0. The lowest BCUT2D eigenvalue weighted by atomic mass is 10.2. The second kappa shape index (κ2) is 8.87. The van der Waals surface area contributed by atoms with Gasteiger partial charge in [0.1, 0.15) is 0 Å². The molecule has 2 amide bonds. The van der Waals surface area contributed by atoms with Crippen molar-refractivity contribution in [1.29, 1.82) is 0 Å². The molecule has 130 valence electrons. The number of benzene rings is 3. The minimum absolute atomic E-state index is 0.372. The number of anilines is 1. The SMILES string of the molecule is Cc1ccccc1NC(=O)NN=Cc1ccccc1Sc1ccccc1. The minimum Gasteiger partial charge on any atom is -0.306 e. The van der Waals surface area contributed by atoms with Crippen LogP contribution in [0, 0.1) is 6.92 Å². The molecule has 0 aliphatic carbocycles. The summed E-state index contributed by atoms with van der Waals surface area (Å²) >= 11 is 1.66. The van der Waals surface area contributed by atoms with Crippen LogP contribution in [0.15, 0.2) is 93.8 Å². The number of hydrogen-bond acceptors (Lipinski definition) is 3. The number of aryl methyl sites for hydroxylation is 1. The molecule has 0 aliphatic heterocycles. The molecule has 5 heteroatoms. The molecular formula is C21H19N3OS. The Morgan fingerprint density at radius 3 is 2.42 bits per heavy atom. The van der Waals surface area contributed by atoms with Crippen molar-refractivity contribution in [1.82, 2.24) is 5.43 Å². The van der Waals surface area contributed by atoms with Gasteiger partial charge in [-0.1, -0.05) is 66.4 Å². The number of urea groups is 1. The van der Waals surface area contributed by atoms with Crippen LogP contribution in [0.1, 0.15) is 11.1 Å². The quantitative estimate of drug-likeness (QED) is 0.478. The number of nitrogens with one attached hydrogen (secondary N) is 2. The molecule has 26 heavy (non-hydrogen) atoms.